The summed E-state index contributed by atoms with van der Waals surface area (Å²) in [6, 6.07) is 14.0. The van der Waals surface area contributed by atoms with E-state index in [4.69, 9.17) is 4.74 Å². The Morgan fingerprint density at radius 2 is 1.93 bits per heavy atom. The van der Waals surface area contributed by atoms with E-state index in [9.17, 15) is 0 Å². The largest absolute Gasteiger partial charge is 1.00 e. The first kappa shape index (κ1) is 25.6. The highest BCUT2D eigenvalue weighted by molar-refractivity contribution is 8.93. The number of hydrogen-bond acceptors (Lipinski definition) is 3. The van der Waals surface area contributed by atoms with Crippen LogP contribution in [0.1, 0.15) is 25.1 Å². The zero-order valence-corrected chi connectivity index (χ0v) is 20.7. The number of rotatable bonds is 7. The van der Waals surface area contributed by atoms with E-state index in [1.165, 1.54) is 0 Å². The summed E-state index contributed by atoms with van der Waals surface area (Å²) < 4.78 is 10.2. The second-order valence-corrected chi connectivity index (χ2v) is 6.23. The van der Waals surface area contributed by atoms with Crippen LogP contribution in [0.25, 0.3) is 5.65 Å². The van der Waals surface area contributed by atoms with Gasteiger partial charge in [-0.1, -0.05) is 6.07 Å². The number of guanidine groups is 1. The molecule has 0 saturated carbocycles. The molecule has 162 valence electrons. The van der Waals surface area contributed by atoms with Crippen molar-refractivity contribution >= 4 is 34.8 Å². The second-order valence-electron chi connectivity index (χ2n) is 6.23. The fourth-order valence-electron chi connectivity index (χ4n) is 2.80. The number of pyridine rings is 1. The molecule has 7 nitrogen and oxygen atoms in total. The third-order valence-corrected chi connectivity index (χ3v) is 4.24. The SMILES string of the molecule is Br.CCN=C(NCC)N/N=C/c1ccc(OCc2c[n+]3ccccc3n2C)cc1.[Br-]. The van der Waals surface area contributed by atoms with Crippen LogP contribution in [0.3, 0.4) is 0 Å². The first-order valence-electron chi connectivity index (χ1n) is 9.46. The number of nitrogens with one attached hydrogen (secondary N) is 2. The second kappa shape index (κ2) is 13.0. The molecule has 0 aliphatic rings. The fourth-order valence-corrected chi connectivity index (χ4v) is 2.80. The number of hydrogen-bond donors (Lipinski definition) is 2. The van der Waals surface area contributed by atoms with Gasteiger partial charge in [-0.05, 0) is 49.7 Å². The third kappa shape index (κ3) is 6.84. The number of hydrazone groups is 1. The number of aliphatic imine (C=N–C) groups is 1. The molecule has 2 heterocycles. The van der Waals surface area contributed by atoms with E-state index in [-0.39, 0.29) is 34.0 Å². The van der Waals surface area contributed by atoms with Crippen molar-refractivity contribution in [2.45, 2.75) is 20.5 Å². The van der Waals surface area contributed by atoms with Gasteiger partial charge in [0, 0.05) is 19.2 Å². The highest BCUT2D eigenvalue weighted by atomic mass is 79.9. The van der Waals surface area contributed by atoms with Gasteiger partial charge in [0.2, 0.25) is 5.96 Å². The van der Waals surface area contributed by atoms with Crippen molar-refractivity contribution in [3.8, 4) is 5.75 Å². The fraction of sp³-hybridized carbons (Fsp3) is 0.286. The first-order chi connectivity index (χ1) is 13.7. The zero-order valence-electron chi connectivity index (χ0n) is 17.4. The summed E-state index contributed by atoms with van der Waals surface area (Å²) in [7, 11) is 2.05. The van der Waals surface area contributed by atoms with Crippen molar-refractivity contribution in [3.63, 3.8) is 0 Å². The van der Waals surface area contributed by atoms with Gasteiger partial charge in [0.1, 0.15) is 11.9 Å². The maximum Gasteiger partial charge on any atom is 0.286 e. The highest BCUT2D eigenvalue weighted by Gasteiger charge is 2.13. The van der Waals surface area contributed by atoms with Crippen LogP contribution in [0.2, 0.25) is 0 Å². The Morgan fingerprint density at radius 3 is 2.60 bits per heavy atom. The van der Waals surface area contributed by atoms with Crippen LogP contribution in [0.15, 0.2) is 65.0 Å². The Kier molecular flexibility index (Phi) is 11.1. The molecule has 30 heavy (non-hydrogen) atoms. The first-order valence-corrected chi connectivity index (χ1v) is 9.46. The third-order valence-electron chi connectivity index (χ3n) is 4.24. The average molecular weight is 540 g/mol. The van der Waals surface area contributed by atoms with Crippen molar-refractivity contribution in [1.29, 1.82) is 0 Å². The number of benzene rings is 1. The molecule has 0 radical (unpaired) electrons. The molecule has 2 aromatic heterocycles. The summed E-state index contributed by atoms with van der Waals surface area (Å²) in [5, 5.41) is 7.35. The molecule has 0 fully saturated rings. The van der Waals surface area contributed by atoms with E-state index in [2.05, 4.69) is 42.1 Å². The molecule has 0 unspecified atom stereocenters. The molecular weight excluding hydrogens is 512 g/mol. The number of aryl methyl sites for hydroxylation is 1. The van der Waals surface area contributed by atoms with E-state index in [1.807, 2.05) is 63.5 Å². The molecule has 3 rings (SSSR count). The predicted molar refractivity (Wildman–Crippen MR) is 122 cm³/mol. The summed E-state index contributed by atoms with van der Waals surface area (Å²) >= 11 is 0. The Bertz CT molecular complexity index is 969. The lowest BCUT2D eigenvalue weighted by Gasteiger charge is -2.06. The minimum Gasteiger partial charge on any atom is -1.00 e. The summed E-state index contributed by atoms with van der Waals surface area (Å²) in [5.41, 5.74) is 6.13. The Balaban J connectivity index is 0.00000225. The number of ether oxygens (including phenoxy) is 1. The molecule has 0 aliphatic heterocycles. The van der Waals surface area contributed by atoms with E-state index in [0.29, 0.717) is 19.1 Å². The quantitative estimate of drug-likeness (QED) is 0.190. The number of imidazole rings is 1. The summed E-state index contributed by atoms with van der Waals surface area (Å²) in [6.45, 7) is 6.01. The van der Waals surface area contributed by atoms with Crippen LogP contribution in [0, 0.1) is 0 Å². The molecule has 0 saturated heterocycles. The number of nitrogens with zero attached hydrogens (tertiary/aromatic N) is 4. The van der Waals surface area contributed by atoms with Crippen LogP contribution in [0.5, 0.6) is 5.75 Å². The van der Waals surface area contributed by atoms with Gasteiger partial charge in [-0.15, -0.1) is 17.0 Å². The number of halogens is 2. The molecule has 0 aliphatic carbocycles. The minimum absolute atomic E-state index is 0. The van der Waals surface area contributed by atoms with E-state index < -0.39 is 0 Å². The predicted octanol–water partition coefficient (Wildman–Crippen LogP) is -0.166. The number of aromatic nitrogens is 2. The van der Waals surface area contributed by atoms with Gasteiger partial charge in [0.05, 0.1) is 19.5 Å². The Morgan fingerprint density at radius 1 is 1.17 bits per heavy atom. The smallest absolute Gasteiger partial charge is 0.286 e. The lowest BCUT2D eigenvalue weighted by atomic mass is 10.2. The Hall–Kier alpha value is -2.39. The van der Waals surface area contributed by atoms with Crippen molar-refractivity contribution in [2.24, 2.45) is 17.1 Å². The van der Waals surface area contributed by atoms with Crippen molar-refractivity contribution in [3.05, 3.63) is 66.1 Å². The van der Waals surface area contributed by atoms with Gasteiger partial charge < -0.3 is 27.0 Å². The normalized spacial score (nSPS) is 11.1. The van der Waals surface area contributed by atoms with Crippen LogP contribution in [0.4, 0.5) is 0 Å². The lowest BCUT2D eigenvalue weighted by Crippen LogP contribution is -3.00. The topological polar surface area (TPSA) is 67.0 Å². The molecule has 9 heteroatoms. The van der Waals surface area contributed by atoms with Crippen molar-refractivity contribution in [2.75, 3.05) is 13.1 Å². The van der Waals surface area contributed by atoms with Gasteiger partial charge in [-0.2, -0.15) is 5.10 Å². The van der Waals surface area contributed by atoms with E-state index in [0.717, 1.165) is 29.2 Å². The molecular formula is C21H28Br2N6O. The standard InChI is InChI=1S/C21H27N6O.2BrH/c1-4-22-21(23-5-2)25-24-14-17-9-11-19(12-10-17)28-16-18-15-27-13-7-6-8-20(27)26(18)3;;/h6-15H,4-5,16H2,1-3H3,(H2,22,23,25);2*1H/q+1;;/p-1/b24-14+;;. The molecule has 0 atom stereocenters. The van der Waals surface area contributed by atoms with Crippen LogP contribution in [-0.2, 0) is 13.7 Å². The molecule has 0 bridgehead atoms. The molecule has 3 aromatic rings. The lowest BCUT2D eigenvalue weighted by molar-refractivity contribution is -0.511. The van der Waals surface area contributed by atoms with Gasteiger partial charge in [0.15, 0.2) is 12.3 Å². The Labute approximate surface area is 198 Å². The number of fused-ring (bicyclic) bond motifs is 1. The van der Waals surface area contributed by atoms with Crippen molar-refractivity contribution in [1.82, 2.24) is 15.3 Å². The summed E-state index contributed by atoms with van der Waals surface area (Å²) in [5.74, 6) is 1.50. The maximum absolute atomic E-state index is 5.94. The zero-order chi connectivity index (χ0) is 19.8. The molecule has 1 aromatic carbocycles. The highest BCUT2D eigenvalue weighted by Crippen LogP contribution is 2.14. The van der Waals surface area contributed by atoms with E-state index >= 15 is 0 Å². The average Bonchev–Trinajstić information content (AvgIpc) is 3.04. The van der Waals surface area contributed by atoms with Gasteiger partial charge >= 0.3 is 0 Å². The van der Waals surface area contributed by atoms with Gasteiger partial charge in [-0.3, -0.25) is 4.99 Å². The van der Waals surface area contributed by atoms with Gasteiger partial charge in [0.25, 0.3) is 5.65 Å². The summed E-state index contributed by atoms with van der Waals surface area (Å²) in [4.78, 5) is 4.29. The molecule has 0 amide bonds. The van der Waals surface area contributed by atoms with Gasteiger partial charge in [-0.25, -0.2) is 14.4 Å². The van der Waals surface area contributed by atoms with Crippen molar-refractivity contribution < 1.29 is 26.1 Å². The summed E-state index contributed by atoms with van der Waals surface area (Å²) in [6.07, 6.45) is 5.88. The van der Waals surface area contributed by atoms with E-state index in [1.54, 1.807) is 6.21 Å². The maximum atomic E-state index is 5.94. The minimum atomic E-state index is 0. The molecule has 2 N–H and O–H groups in total. The molecule has 0 spiro atoms. The van der Waals surface area contributed by atoms with Crippen LogP contribution >= 0.6 is 17.0 Å². The monoisotopic (exact) mass is 538 g/mol. The van der Waals surface area contributed by atoms with Crippen LogP contribution in [-0.4, -0.2) is 29.8 Å². The van der Waals surface area contributed by atoms with Crippen LogP contribution < -0.4 is 36.9 Å².